The molecule has 3 N–H and O–H groups in total. The lowest BCUT2D eigenvalue weighted by Crippen LogP contribution is -2.40. The summed E-state index contributed by atoms with van der Waals surface area (Å²) in [5.74, 6) is 1.35. The van der Waals surface area contributed by atoms with Gasteiger partial charge in [-0.25, -0.2) is 4.98 Å². The fourth-order valence-corrected chi connectivity index (χ4v) is 3.02. The molecule has 0 bridgehead atoms. The Bertz CT molecular complexity index is 606. The quantitative estimate of drug-likeness (QED) is 0.899. The second kappa shape index (κ2) is 6.70. The number of benzene rings is 1. The van der Waals surface area contributed by atoms with E-state index in [1.165, 1.54) is 12.7 Å². The Hall–Kier alpha value is -2.21. The van der Waals surface area contributed by atoms with Crippen molar-refractivity contribution in [2.24, 2.45) is 11.7 Å². The van der Waals surface area contributed by atoms with Gasteiger partial charge in [0.05, 0.1) is 0 Å². The lowest BCUT2D eigenvalue weighted by Gasteiger charge is -2.32. The number of nitrogens with two attached hydrogens (primary N) is 1. The lowest BCUT2D eigenvalue weighted by atomic mass is 9.94. The van der Waals surface area contributed by atoms with E-state index in [4.69, 9.17) is 5.73 Å². The number of carbonyl (C=O) groups is 1. The molecule has 22 heavy (non-hydrogen) atoms. The van der Waals surface area contributed by atoms with E-state index in [0.29, 0.717) is 18.3 Å². The van der Waals surface area contributed by atoms with E-state index in [2.05, 4.69) is 15.2 Å². The van der Waals surface area contributed by atoms with Crippen molar-refractivity contribution in [3.8, 4) is 11.4 Å². The standard InChI is InChI=1S/C16H21N5O/c17-8-7-12-2-1-9-21(10-12)16(22)14-5-3-13(4-6-14)15-18-11-19-20-15/h3-6,11-12H,1-2,7-10,17H2,(H,18,19,20). The summed E-state index contributed by atoms with van der Waals surface area (Å²) in [4.78, 5) is 18.7. The maximum absolute atomic E-state index is 12.6. The van der Waals surface area contributed by atoms with Crippen LogP contribution < -0.4 is 5.73 Å². The predicted molar refractivity (Wildman–Crippen MR) is 84.1 cm³/mol. The van der Waals surface area contributed by atoms with Gasteiger partial charge in [0.2, 0.25) is 0 Å². The highest BCUT2D eigenvalue weighted by Crippen LogP contribution is 2.22. The van der Waals surface area contributed by atoms with Crippen molar-refractivity contribution in [2.75, 3.05) is 19.6 Å². The first-order chi connectivity index (χ1) is 10.8. The second-order valence-electron chi connectivity index (χ2n) is 5.75. The number of hydrogen-bond acceptors (Lipinski definition) is 4. The maximum atomic E-state index is 12.6. The van der Waals surface area contributed by atoms with Gasteiger partial charge in [0.15, 0.2) is 5.82 Å². The van der Waals surface area contributed by atoms with Crippen LogP contribution in [0.3, 0.4) is 0 Å². The van der Waals surface area contributed by atoms with Crippen LogP contribution in [0.15, 0.2) is 30.6 Å². The van der Waals surface area contributed by atoms with Crippen LogP contribution in [0.25, 0.3) is 11.4 Å². The Morgan fingerprint density at radius 1 is 1.36 bits per heavy atom. The molecule has 1 aliphatic heterocycles. The average molecular weight is 299 g/mol. The molecular weight excluding hydrogens is 278 g/mol. The minimum Gasteiger partial charge on any atom is -0.338 e. The topological polar surface area (TPSA) is 87.9 Å². The third kappa shape index (κ3) is 3.17. The lowest BCUT2D eigenvalue weighted by molar-refractivity contribution is 0.0669. The zero-order chi connectivity index (χ0) is 15.4. The van der Waals surface area contributed by atoms with E-state index in [9.17, 15) is 4.79 Å². The number of carbonyl (C=O) groups excluding carboxylic acids is 1. The average Bonchev–Trinajstić information content (AvgIpc) is 3.09. The molecular formula is C16H21N5O. The molecule has 3 rings (SSSR count). The Morgan fingerprint density at radius 3 is 2.86 bits per heavy atom. The molecule has 6 heteroatoms. The third-order valence-corrected chi connectivity index (χ3v) is 4.20. The monoisotopic (exact) mass is 299 g/mol. The van der Waals surface area contributed by atoms with E-state index < -0.39 is 0 Å². The van der Waals surface area contributed by atoms with Crippen molar-refractivity contribution in [3.63, 3.8) is 0 Å². The number of amides is 1. The molecule has 2 aromatic rings. The van der Waals surface area contributed by atoms with Crippen LogP contribution in [-0.4, -0.2) is 45.6 Å². The molecule has 1 fully saturated rings. The van der Waals surface area contributed by atoms with E-state index in [1.807, 2.05) is 29.2 Å². The van der Waals surface area contributed by atoms with Gasteiger partial charge in [-0.2, -0.15) is 5.10 Å². The van der Waals surface area contributed by atoms with Crippen molar-refractivity contribution in [3.05, 3.63) is 36.2 Å². The summed E-state index contributed by atoms with van der Waals surface area (Å²) >= 11 is 0. The van der Waals surface area contributed by atoms with Crippen molar-refractivity contribution in [1.29, 1.82) is 0 Å². The minimum atomic E-state index is 0.103. The fraction of sp³-hybridized carbons (Fsp3) is 0.438. The highest BCUT2D eigenvalue weighted by atomic mass is 16.2. The zero-order valence-electron chi connectivity index (χ0n) is 12.5. The van der Waals surface area contributed by atoms with Gasteiger partial charge in [0.25, 0.3) is 5.91 Å². The number of H-pyrrole nitrogens is 1. The number of aromatic amines is 1. The van der Waals surface area contributed by atoms with Gasteiger partial charge >= 0.3 is 0 Å². The van der Waals surface area contributed by atoms with Gasteiger partial charge in [0, 0.05) is 24.2 Å². The first-order valence-corrected chi connectivity index (χ1v) is 7.73. The van der Waals surface area contributed by atoms with Gasteiger partial charge in [-0.1, -0.05) is 12.1 Å². The van der Waals surface area contributed by atoms with Crippen molar-refractivity contribution in [1.82, 2.24) is 20.1 Å². The Labute approximate surface area is 129 Å². The molecule has 0 spiro atoms. The van der Waals surface area contributed by atoms with Crippen LogP contribution in [0.2, 0.25) is 0 Å². The first kappa shape index (κ1) is 14.7. The molecule has 116 valence electrons. The summed E-state index contributed by atoms with van der Waals surface area (Å²) in [7, 11) is 0. The van der Waals surface area contributed by atoms with Crippen LogP contribution in [-0.2, 0) is 0 Å². The van der Waals surface area contributed by atoms with Gasteiger partial charge in [-0.15, -0.1) is 0 Å². The molecule has 1 aromatic heterocycles. The molecule has 0 saturated carbocycles. The van der Waals surface area contributed by atoms with Crippen molar-refractivity contribution < 1.29 is 4.79 Å². The molecule has 1 saturated heterocycles. The summed E-state index contributed by atoms with van der Waals surface area (Å²) in [6, 6.07) is 7.50. The molecule has 6 nitrogen and oxygen atoms in total. The predicted octanol–water partition coefficient (Wildman–Crippen LogP) is 1.67. The van der Waals surface area contributed by atoms with Crippen LogP contribution in [0.1, 0.15) is 29.6 Å². The number of piperidine rings is 1. The summed E-state index contributed by atoms with van der Waals surface area (Å²) in [5, 5.41) is 6.65. The van der Waals surface area contributed by atoms with E-state index in [-0.39, 0.29) is 5.91 Å². The highest BCUT2D eigenvalue weighted by Gasteiger charge is 2.23. The Morgan fingerprint density at radius 2 is 2.18 bits per heavy atom. The van der Waals surface area contributed by atoms with Crippen molar-refractivity contribution >= 4 is 5.91 Å². The molecule has 1 aromatic carbocycles. The van der Waals surface area contributed by atoms with Crippen LogP contribution in [0.4, 0.5) is 0 Å². The van der Waals surface area contributed by atoms with Gasteiger partial charge in [-0.05, 0) is 43.9 Å². The number of likely N-dealkylation sites (tertiary alicyclic amines) is 1. The Balaban J connectivity index is 1.69. The van der Waals surface area contributed by atoms with E-state index >= 15 is 0 Å². The SMILES string of the molecule is NCCC1CCCN(C(=O)c2ccc(-c3ncn[nH]3)cc2)C1. The highest BCUT2D eigenvalue weighted by molar-refractivity contribution is 5.94. The van der Waals surface area contributed by atoms with Gasteiger partial charge in [-0.3, -0.25) is 9.89 Å². The van der Waals surface area contributed by atoms with Gasteiger partial charge < -0.3 is 10.6 Å². The molecule has 2 heterocycles. The zero-order valence-corrected chi connectivity index (χ0v) is 12.5. The largest absolute Gasteiger partial charge is 0.338 e. The summed E-state index contributed by atoms with van der Waals surface area (Å²) < 4.78 is 0. The van der Waals surface area contributed by atoms with E-state index in [0.717, 1.165) is 37.1 Å². The fourth-order valence-electron chi connectivity index (χ4n) is 3.02. The summed E-state index contributed by atoms with van der Waals surface area (Å²) in [6.45, 7) is 2.35. The van der Waals surface area contributed by atoms with Crippen LogP contribution in [0.5, 0.6) is 0 Å². The number of rotatable bonds is 4. The molecule has 0 radical (unpaired) electrons. The molecule has 1 unspecified atom stereocenters. The Kier molecular flexibility index (Phi) is 4.48. The molecule has 1 aliphatic rings. The number of aromatic nitrogens is 3. The smallest absolute Gasteiger partial charge is 0.253 e. The first-order valence-electron chi connectivity index (χ1n) is 7.73. The maximum Gasteiger partial charge on any atom is 0.253 e. The number of nitrogens with zero attached hydrogens (tertiary/aromatic N) is 3. The van der Waals surface area contributed by atoms with E-state index in [1.54, 1.807) is 0 Å². The normalized spacial score (nSPS) is 18.4. The number of nitrogens with one attached hydrogen (secondary N) is 1. The van der Waals surface area contributed by atoms with Gasteiger partial charge in [0.1, 0.15) is 6.33 Å². The summed E-state index contributed by atoms with van der Waals surface area (Å²) in [6.07, 6.45) is 4.70. The second-order valence-corrected chi connectivity index (χ2v) is 5.75. The molecule has 0 aliphatic carbocycles. The summed E-state index contributed by atoms with van der Waals surface area (Å²) in [5.41, 5.74) is 7.28. The van der Waals surface area contributed by atoms with Crippen LogP contribution >= 0.6 is 0 Å². The van der Waals surface area contributed by atoms with Crippen LogP contribution in [0, 0.1) is 5.92 Å². The minimum absolute atomic E-state index is 0.103. The molecule has 1 atom stereocenters. The molecule has 1 amide bonds. The van der Waals surface area contributed by atoms with Crippen molar-refractivity contribution in [2.45, 2.75) is 19.3 Å². The number of hydrogen-bond donors (Lipinski definition) is 2. The third-order valence-electron chi connectivity index (χ3n) is 4.20.